The molecule has 99 heavy (non-hydrogen) atoms. The summed E-state index contributed by atoms with van der Waals surface area (Å²) in [6, 6.07) is 0. The van der Waals surface area contributed by atoms with Gasteiger partial charge in [-0.15, -0.1) is 21.9 Å². The minimum Gasteiger partial charge on any atom is -0.337 e. The van der Waals surface area contributed by atoms with Crippen LogP contribution in [0.4, 0.5) is 123 Å². The first-order valence-corrected chi connectivity index (χ1v) is 32.1. The van der Waals surface area contributed by atoms with Gasteiger partial charge < -0.3 is 4.90 Å². The molecule has 8 rings (SSSR count). The van der Waals surface area contributed by atoms with Gasteiger partial charge in [0.15, 0.2) is 116 Å². The molecule has 0 bridgehead atoms. The Morgan fingerprint density at radius 3 is 0.465 bits per heavy atom. The molecule has 0 radical (unpaired) electrons. The van der Waals surface area contributed by atoms with E-state index in [1.165, 1.54) is 167 Å². The van der Waals surface area contributed by atoms with Crippen LogP contribution in [0.3, 0.4) is 0 Å². The molecule has 0 aliphatic carbocycles. The Labute approximate surface area is 548 Å². The predicted molar refractivity (Wildman–Crippen MR) is 318 cm³/mol. The van der Waals surface area contributed by atoms with Crippen LogP contribution < -0.4 is 26.8 Å². The molecule has 0 heterocycles. The number of hydrogen-bond donors (Lipinski definition) is 1. The zero-order chi connectivity index (χ0) is 73.6. The van der Waals surface area contributed by atoms with E-state index in [0.717, 1.165) is 0 Å². The van der Waals surface area contributed by atoms with Crippen molar-refractivity contribution in [2.24, 2.45) is 0 Å². The molecule has 0 saturated heterocycles. The highest BCUT2D eigenvalue weighted by Crippen LogP contribution is 2.41. The molecule has 0 atom stereocenters. The van der Waals surface area contributed by atoms with Crippen LogP contribution in [0.25, 0.3) is 43.1 Å². The fourth-order valence-corrected chi connectivity index (χ4v) is 13.1. The van der Waals surface area contributed by atoms with Crippen molar-refractivity contribution in [2.45, 2.75) is 168 Å². The number of quaternary nitrogens is 1. The minimum absolute atomic E-state index is 1.37. The van der Waals surface area contributed by atoms with E-state index in [4.69, 9.17) is 0 Å². The molecule has 0 aromatic heterocycles. The first-order valence-electron chi connectivity index (χ1n) is 32.1. The molecule has 30 heteroatoms. The number of rotatable bonds is 30. The maximum Gasteiger partial charge on any atom is 0.198 e. The lowest BCUT2D eigenvalue weighted by Gasteiger charge is -2.45. The third-order valence-corrected chi connectivity index (χ3v) is 18.1. The summed E-state index contributed by atoms with van der Waals surface area (Å²) >= 11 is 0. The van der Waals surface area contributed by atoms with Gasteiger partial charge in [0.05, 0.1) is 63.2 Å². The molecule has 0 amide bonds. The zero-order valence-corrected chi connectivity index (χ0v) is 53.0. The molecule has 1 N–H and O–H groups in total. The van der Waals surface area contributed by atoms with Crippen molar-refractivity contribution in [2.75, 3.05) is 20.1 Å². The van der Waals surface area contributed by atoms with E-state index in [1.807, 2.05) is 0 Å². The van der Waals surface area contributed by atoms with Gasteiger partial charge >= 0.3 is 0 Å². The summed E-state index contributed by atoms with van der Waals surface area (Å²) in [5.74, 6) is -102. The fraction of sp³-hybridized carbons (Fsp3) is 0.420. The van der Waals surface area contributed by atoms with Gasteiger partial charge in [0.1, 0.15) is 52.7 Å². The normalized spacial score (nSPS) is 12.1. The van der Waals surface area contributed by atoms with Gasteiger partial charge in [-0.2, -0.15) is 0 Å². The molecule has 542 valence electrons. The highest BCUT2D eigenvalue weighted by Gasteiger charge is 2.52. The lowest BCUT2D eigenvalue weighted by atomic mass is 9.12. The van der Waals surface area contributed by atoms with Crippen LogP contribution in [-0.4, -0.2) is 26.3 Å². The first kappa shape index (κ1) is 79.2. The molecular formula is C69H62BF28N. The van der Waals surface area contributed by atoms with E-state index >= 15 is 87.8 Å². The Bertz CT molecular complexity index is 3830. The number of unbranched alkanes of at least 4 members (excludes halogenated alkanes) is 22. The Morgan fingerprint density at radius 1 is 0.172 bits per heavy atom. The topological polar surface area (TPSA) is 4.44 Å². The summed E-state index contributed by atoms with van der Waals surface area (Å²) in [5, 5.41) is -25.0. The van der Waals surface area contributed by atoms with E-state index in [-0.39, 0.29) is 0 Å². The Balaban J connectivity index is 0.000000388. The van der Waals surface area contributed by atoms with Crippen LogP contribution in [0.5, 0.6) is 0 Å². The second-order valence-corrected chi connectivity index (χ2v) is 24.5. The van der Waals surface area contributed by atoms with Gasteiger partial charge in [0.2, 0.25) is 0 Å². The van der Waals surface area contributed by atoms with Gasteiger partial charge in [-0.05, 0) is 25.7 Å². The van der Waals surface area contributed by atoms with Crippen molar-refractivity contribution in [3.8, 4) is 0 Å². The van der Waals surface area contributed by atoms with E-state index < -0.39 is 234 Å². The van der Waals surface area contributed by atoms with Crippen molar-refractivity contribution in [1.82, 2.24) is 0 Å². The summed E-state index contributed by atoms with van der Waals surface area (Å²) in [7, 11) is 2.41. The van der Waals surface area contributed by atoms with Gasteiger partial charge in [-0.25, -0.2) is 123 Å². The standard InChI is InChI=1S/C40BF28.C29H61N/c42-13-1-5(25(54)37(66)33(62)21(1)50)17(46)29(58)9(13)41(10-14(43)2-6(18(47)30(10)59)26(55)38(67)34(63)22(2)51,11-15(44)3-7(19(48)31(11)60)27(56)39(68)35(64)23(3)52)12-16(45)4-8(20(49)32(12)61)28(57)40(69)36(65)24(4)53;1-4-6-8-10-12-14-16-18-20-22-24-26-28-30(3)29-27-25-23-21-19-17-15-13-11-9-7-5-2/h;4-29H2,1-3H3/q-1;/p+1. The maximum atomic E-state index is 17.4. The number of halogens is 28. The monoisotopic (exact) mass is 1450 g/mol. The molecular weight excluding hydrogens is 1390 g/mol. The Kier molecular flexibility index (Phi) is 26.8. The molecule has 0 spiro atoms. The average molecular weight is 1450 g/mol. The Morgan fingerprint density at radius 2 is 0.303 bits per heavy atom. The number of hydrogen-bond acceptors (Lipinski definition) is 0. The third kappa shape index (κ3) is 14.7. The van der Waals surface area contributed by atoms with Crippen LogP contribution in [0.2, 0.25) is 0 Å². The molecule has 0 aliphatic heterocycles. The average Bonchev–Trinajstić information content (AvgIpc) is 0.666. The smallest absolute Gasteiger partial charge is 0.198 e. The molecule has 8 aromatic rings. The van der Waals surface area contributed by atoms with Crippen molar-refractivity contribution in [3.05, 3.63) is 163 Å². The summed E-state index contributed by atoms with van der Waals surface area (Å²) in [6.45, 7) is 7.40. The SMILES string of the molecule is CCCCCCCCCCCCCC[NH+](C)CCCCCCCCCCCCCC.Fc1c(F)c(F)c2c(F)c([B-](c3c(F)c(F)c4c(F)c(F)c(F)c(F)c4c3F)(c3c(F)c(F)c4c(F)c(F)c(F)c(F)c4c3F)c3c(F)c(F)c4c(F)c(F)c(F)c(F)c4c3F)c(F)c(F)c2c1F. The lowest BCUT2D eigenvalue weighted by molar-refractivity contribution is -0.880. The molecule has 1 nitrogen and oxygen atoms in total. The summed E-state index contributed by atoms with van der Waals surface area (Å²) in [5.41, 5.74) is -15.9. The highest BCUT2D eigenvalue weighted by molar-refractivity contribution is 7.20. The molecule has 0 unspecified atom stereocenters. The van der Waals surface area contributed by atoms with Crippen molar-refractivity contribution in [3.63, 3.8) is 0 Å². The second-order valence-electron chi connectivity index (χ2n) is 24.5. The van der Waals surface area contributed by atoms with Gasteiger partial charge in [-0.3, -0.25) is 0 Å². The van der Waals surface area contributed by atoms with Crippen LogP contribution in [0.15, 0.2) is 0 Å². The predicted octanol–water partition coefficient (Wildman–Crippen LogP) is 20.5. The summed E-state index contributed by atoms with van der Waals surface area (Å²) in [4.78, 5) is 1.77. The first-order chi connectivity index (χ1) is 46.8. The van der Waals surface area contributed by atoms with Crippen molar-refractivity contribution in [1.29, 1.82) is 0 Å². The van der Waals surface area contributed by atoms with Crippen LogP contribution in [0, 0.1) is 163 Å². The van der Waals surface area contributed by atoms with Gasteiger partial charge in [-0.1, -0.05) is 142 Å². The molecule has 8 aromatic carbocycles. The van der Waals surface area contributed by atoms with Crippen LogP contribution >= 0.6 is 0 Å². The van der Waals surface area contributed by atoms with Crippen molar-refractivity contribution < 1.29 is 128 Å². The van der Waals surface area contributed by atoms with E-state index in [9.17, 15) is 35.1 Å². The lowest BCUT2D eigenvalue weighted by Crippen LogP contribution is -3.09. The quantitative estimate of drug-likeness (QED) is 0.0150. The zero-order valence-electron chi connectivity index (χ0n) is 53.0. The van der Waals surface area contributed by atoms with Crippen LogP contribution in [-0.2, 0) is 0 Å². The van der Waals surface area contributed by atoms with E-state index in [1.54, 1.807) is 4.90 Å². The van der Waals surface area contributed by atoms with Crippen LogP contribution in [0.1, 0.15) is 168 Å². The second kappa shape index (κ2) is 33.6. The number of nitrogens with one attached hydrogen (secondary N) is 1. The number of benzene rings is 8. The molecule has 0 saturated carbocycles. The van der Waals surface area contributed by atoms with Gasteiger partial charge in [0, 0.05) is 0 Å². The maximum absolute atomic E-state index is 17.4. The van der Waals surface area contributed by atoms with E-state index in [0.29, 0.717) is 0 Å². The fourth-order valence-electron chi connectivity index (χ4n) is 13.1. The van der Waals surface area contributed by atoms with Gasteiger partial charge in [0.25, 0.3) is 0 Å². The van der Waals surface area contributed by atoms with Crippen molar-refractivity contribution >= 4 is 71.1 Å². The number of fused-ring (bicyclic) bond motifs is 4. The van der Waals surface area contributed by atoms with E-state index in [2.05, 4.69) is 20.9 Å². The third-order valence-electron chi connectivity index (χ3n) is 18.1. The Hall–Kier alpha value is -7.14. The largest absolute Gasteiger partial charge is 0.337 e. The molecule has 0 fully saturated rings. The molecule has 0 aliphatic rings. The summed E-state index contributed by atoms with van der Waals surface area (Å²) < 4.78 is 442. The highest BCUT2D eigenvalue weighted by atomic mass is 19.2. The summed E-state index contributed by atoms with van der Waals surface area (Å²) in [6.07, 6.45) is 27.1. The minimum atomic E-state index is -7.99.